The van der Waals surface area contributed by atoms with Gasteiger partial charge in [0.05, 0.1) is 11.7 Å². The molecule has 0 aliphatic carbocycles. The van der Waals surface area contributed by atoms with Crippen LogP contribution in [-0.4, -0.2) is 14.3 Å². The number of nitrogens with one attached hydrogen (secondary N) is 1. The SMILES string of the molecule is C[C@@H](N[S+]([O-])C(C)(C)C)c1cc(Cl)ccn1. The van der Waals surface area contributed by atoms with Gasteiger partial charge in [0.2, 0.25) is 0 Å². The molecule has 1 heterocycles. The fraction of sp³-hybridized carbons (Fsp3) is 0.545. The first kappa shape index (κ1) is 13.8. The third-order valence-electron chi connectivity index (χ3n) is 2.03. The van der Waals surface area contributed by atoms with Crippen molar-refractivity contribution in [2.75, 3.05) is 0 Å². The maximum absolute atomic E-state index is 11.9. The van der Waals surface area contributed by atoms with Crippen LogP contribution in [0.3, 0.4) is 0 Å². The average molecular weight is 261 g/mol. The summed E-state index contributed by atoms with van der Waals surface area (Å²) in [5, 5.41) is 0.639. The Morgan fingerprint density at radius 2 is 2.12 bits per heavy atom. The third-order valence-corrected chi connectivity index (χ3v) is 3.94. The number of hydrogen-bond donors (Lipinski definition) is 1. The number of hydrogen-bond acceptors (Lipinski definition) is 3. The molecule has 0 fully saturated rings. The van der Waals surface area contributed by atoms with Crippen LogP contribution in [0.5, 0.6) is 0 Å². The van der Waals surface area contributed by atoms with Crippen molar-refractivity contribution in [1.82, 2.24) is 9.71 Å². The van der Waals surface area contributed by atoms with Crippen LogP contribution in [0.25, 0.3) is 0 Å². The van der Waals surface area contributed by atoms with E-state index in [1.807, 2.05) is 27.7 Å². The van der Waals surface area contributed by atoms with Gasteiger partial charge in [0.25, 0.3) is 0 Å². The lowest BCUT2D eigenvalue weighted by molar-refractivity contribution is 0.529. The van der Waals surface area contributed by atoms with Crippen molar-refractivity contribution in [3.05, 3.63) is 29.0 Å². The van der Waals surface area contributed by atoms with E-state index in [1.54, 1.807) is 18.3 Å². The van der Waals surface area contributed by atoms with E-state index in [2.05, 4.69) is 9.71 Å². The largest absolute Gasteiger partial charge is 0.598 e. The zero-order chi connectivity index (χ0) is 12.3. The summed E-state index contributed by atoms with van der Waals surface area (Å²) in [6.07, 6.45) is 1.65. The van der Waals surface area contributed by atoms with Gasteiger partial charge in [-0.25, -0.2) is 0 Å². The van der Waals surface area contributed by atoms with Crippen LogP contribution in [0.2, 0.25) is 5.02 Å². The van der Waals surface area contributed by atoms with E-state index in [1.165, 1.54) is 0 Å². The molecule has 0 bridgehead atoms. The molecule has 0 amide bonds. The van der Waals surface area contributed by atoms with Crippen LogP contribution in [0.15, 0.2) is 18.3 Å². The smallest absolute Gasteiger partial charge is 0.136 e. The molecule has 1 N–H and O–H groups in total. The zero-order valence-electron chi connectivity index (χ0n) is 9.95. The molecule has 0 radical (unpaired) electrons. The van der Waals surface area contributed by atoms with Crippen LogP contribution in [-0.2, 0) is 11.4 Å². The standard InChI is InChI=1S/C11H17ClN2OS/c1-8(14-16(15)11(2,3)4)10-7-9(12)5-6-13-10/h5-8,14H,1-4H3/t8-,16?/m1/s1. The summed E-state index contributed by atoms with van der Waals surface area (Å²) in [6, 6.07) is 3.41. The summed E-state index contributed by atoms with van der Waals surface area (Å²) < 4.78 is 14.6. The van der Waals surface area contributed by atoms with Crippen LogP contribution >= 0.6 is 11.6 Å². The second-order valence-electron chi connectivity index (χ2n) is 4.62. The minimum absolute atomic E-state index is 0.0845. The van der Waals surface area contributed by atoms with Gasteiger partial charge in [-0.1, -0.05) is 11.6 Å². The van der Waals surface area contributed by atoms with Crippen molar-refractivity contribution in [2.45, 2.75) is 38.5 Å². The van der Waals surface area contributed by atoms with E-state index in [4.69, 9.17) is 11.6 Å². The van der Waals surface area contributed by atoms with E-state index in [-0.39, 0.29) is 10.8 Å². The fourth-order valence-electron chi connectivity index (χ4n) is 1.06. The molecule has 0 aliphatic heterocycles. The maximum Gasteiger partial charge on any atom is 0.136 e. The molecular weight excluding hydrogens is 244 g/mol. The molecule has 1 rings (SSSR count). The monoisotopic (exact) mass is 260 g/mol. The van der Waals surface area contributed by atoms with Crippen molar-refractivity contribution < 1.29 is 4.55 Å². The highest BCUT2D eigenvalue weighted by Crippen LogP contribution is 2.19. The third kappa shape index (κ3) is 3.94. The minimum atomic E-state index is -1.11. The second-order valence-corrected chi connectivity index (χ2v) is 7.05. The van der Waals surface area contributed by atoms with Crippen molar-refractivity contribution >= 4 is 23.0 Å². The van der Waals surface area contributed by atoms with Gasteiger partial charge >= 0.3 is 0 Å². The maximum atomic E-state index is 11.9. The van der Waals surface area contributed by atoms with Crippen molar-refractivity contribution in [2.24, 2.45) is 0 Å². The van der Waals surface area contributed by atoms with Gasteiger partial charge in [-0.2, -0.15) is 0 Å². The van der Waals surface area contributed by atoms with Crippen molar-refractivity contribution in [3.63, 3.8) is 0 Å². The number of halogens is 1. The summed E-state index contributed by atoms with van der Waals surface area (Å²) in [6.45, 7) is 7.69. The number of pyridine rings is 1. The van der Waals surface area contributed by atoms with E-state index in [0.717, 1.165) is 5.69 Å². The lowest BCUT2D eigenvalue weighted by Crippen LogP contribution is -2.40. The summed E-state index contributed by atoms with van der Waals surface area (Å²) >= 11 is 4.76. The van der Waals surface area contributed by atoms with Crippen molar-refractivity contribution in [3.8, 4) is 0 Å². The molecule has 0 saturated heterocycles. The fourth-order valence-corrected chi connectivity index (χ4v) is 2.02. The Bertz CT molecular complexity index is 354. The van der Waals surface area contributed by atoms with E-state index in [0.29, 0.717) is 5.02 Å². The summed E-state index contributed by atoms with van der Waals surface area (Å²) in [7, 11) is 0. The molecule has 1 unspecified atom stereocenters. The molecule has 3 nitrogen and oxygen atoms in total. The van der Waals surface area contributed by atoms with Crippen LogP contribution in [0, 0.1) is 0 Å². The van der Waals surface area contributed by atoms with Gasteiger partial charge in [-0.15, -0.1) is 4.72 Å². The van der Waals surface area contributed by atoms with E-state index in [9.17, 15) is 4.55 Å². The Morgan fingerprint density at radius 3 is 2.62 bits per heavy atom. The molecule has 5 heteroatoms. The molecule has 0 aliphatic rings. The molecule has 0 spiro atoms. The Balaban J connectivity index is 2.69. The number of nitrogens with zero attached hydrogens (tertiary/aromatic N) is 1. The normalized spacial score (nSPS) is 15.9. The quantitative estimate of drug-likeness (QED) is 0.851. The Morgan fingerprint density at radius 1 is 1.50 bits per heavy atom. The van der Waals surface area contributed by atoms with Crippen LogP contribution < -0.4 is 4.72 Å². The highest BCUT2D eigenvalue weighted by atomic mass is 35.5. The molecule has 0 aromatic carbocycles. The molecular formula is C11H17ClN2OS. The Labute approximate surface area is 105 Å². The van der Waals surface area contributed by atoms with E-state index >= 15 is 0 Å². The molecule has 1 aromatic rings. The Kier molecular flexibility index (Phi) is 4.62. The molecule has 2 atom stereocenters. The lowest BCUT2D eigenvalue weighted by atomic mass is 10.2. The zero-order valence-corrected chi connectivity index (χ0v) is 11.5. The first-order chi connectivity index (χ1) is 7.30. The van der Waals surface area contributed by atoms with E-state index < -0.39 is 11.4 Å². The summed E-state index contributed by atoms with van der Waals surface area (Å²) in [5.41, 5.74) is 0.796. The summed E-state index contributed by atoms with van der Waals surface area (Å²) in [4.78, 5) is 4.19. The predicted octanol–water partition coefficient (Wildman–Crippen LogP) is 2.85. The molecule has 16 heavy (non-hydrogen) atoms. The Hall–Kier alpha value is -0.290. The van der Waals surface area contributed by atoms with Crippen LogP contribution in [0.4, 0.5) is 0 Å². The van der Waals surface area contributed by atoms with Crippen LogP contribution in [0.1, 0.15) is 39.4 Å². The second kappa shape index (κ2) is 5.36. The van der Waals surface area contributed by atoms with Gasteiger partial charge in [0, 0.05) is 22.6 Å². The van der Waals surface area contributed by atoms with Gasteiger partial charge in [-0.3, -0.25) is 4.98 Å². The van der Waals surface area contributed by atoms with Gasteiger partial charge in [0.1, 0.15) is 4.75 Å². The van der Waals surface area contributed by atoms with Gasteiger partial charge in [-0.05, 0) is 39.8 Å². The molecule has 90 valence electrons. The topological polar surface area (TPSA) is 48.0 Å². The van der Waals surface area contributed by atoms with Gasteiger partial charge in [0.15, 0.2) is 0 Å². The minimum Gasteiger partial charge on any atom is -0.598 e. The lowest BCUT2D eigenvalue weighted by Gasteiger charge is -2.26. The average Bonchev–Trinajstić information content (AvgIpc) is 2.16. The highest BCUT2D eigenvalue weighted by molar-refractivity contribution is 7.90. The molecule has 0 saturated carbocycles. The van der Waals surface area contributed by atoms with Gasteiger partial charge < -0.3 is 4.55 Å². The first-order valence-corrected chi connectivity index (χ1v) is 6.63. The van der Waals surface area contributed by atoms with Crippen molar-refractivity contribution in [1.29, 1.82) is 0 Å². The number of aromatic nitrogens is 1. The predicted molar refractivity (Wildman–Crippen MR) is 68.7 cm³/mol. The summed E-state index contributed by atoms with van der Waals surface area (Å²) in [5.74, 6) is 0. The molecule has 1 aromatic heterocycles. The first-order valence-electron chi connectivity index (χ1n) is 5.10. The number of rotatable bonds is 3. The highest BCUT2D eigenvalue weighted by Gasteiger charge is 2.28.